The molecule has 0 aromatic heterocycles. The normalized spacial score (nSPS) is 10.5. The largest absolute Gasteiger partial charge is 0.507 e. The smallest absolute Gasteiger partial charge is 0.123 e. The lowest BCUT2D eigenvalue weighted by molar-refractivity contribution is 0.481. The van der Waals surface area contributed by atoms with Crippen molar-refractivity contribution in [3.63, 3.8) is 0 Å². The highest BCUT2D eigenvalue weighted by Gasteiger charge is 1.98. The number of phenols is 1. The number of rotatable bonds is 1. The zero-order chi connectivity index (χ0) is 9.26. The first-order chi connectivity index (χ1) is 6.31. The van der Waals surface area contributed by atoms with Gasteiger partial charge in [0.25, 0.3) is 0 Å². The lowest BCUT2D eigenvalue weighted by Gasteiger charge is -2.02. The van der Waals surface area contributed by atoms with Gasteiger partial charge in [0.2, 0.25) is 0 Å². The molecule has 0 heterocycles. The van der Waals surface area contributed by atoms with Crippen LogP contribution in [0.2, 0.25) is 0 Å². The van der Waals surface area contributed by atoms with E-state index in [0.717, 1.165) is 17.2 Å². The molecule has 0 aliphatic carbocycles. The average molecular weight is 172 g/mol. The Morgan fingerprint density at radius 3 is 2.77 bits per heavy atom. The highest BCUT2D eigenvalue weighted by atomic mass is 16.3. The van der Waals surface area contributed by atoms with Crippen LogP contribution in [0.4, 0.5) is 0 Å². The number of hydrogen-bond acceptors (Lipinski definition) is 1. The molecule has 1 nitrogen and oxygen atoms in total. The van der Waals surface area contributed by atoms with Gasteiger partial charge in [0.05, 0.1) is 0 Å². The predicted octanol–water partition coefficient (Wildman–Crippen LogP) is 3.11. The lowest BCUT2D eigenvalue weighted by atomic mass is 10.1. The van der Waals surface area contributed by atoms with Gasteiger partial charge in [-0.15, -0.1) is 0 Å². The van der Waals surface area contributed by atoms with Gasteiger partial charge in [-0.1, -0.05) is 37.3 Å². The fraction of sp³-hybridized carbons (Fsp3) is 0.167. The highest BCUT2D eigenvalue weighted by Crippen LogP contribution is 2.24. The Bertz CT molecular complexity index is 432. The molecule has 2 aromatic rings. The third kappa shape index (κ3) is 1.37. The molecule has 13 heavy (non-hydrogen) atoms. The van der Waals surface area contributed by atoms with Gasteiger partial charge in [0.15, 0.2) is 0 Å². The second kappa shape index (κ2) is 3.09. The molecule has 0 aliphatic rings. The molecule has 66 valence electrons. The second-order valence-corrected chi connectivity index (χ2v) is 3.19. The molecule has 1 heteroatoms. The van der Waals surface area contributed by atoms with Gasteiger partial charge in [-0.3, -0.25) is 0 Å². The van der Waals surface area contributed by atoms with E-state index in [9.17, 15) is 5.11 Å². The summed E-state index contributed by atoms with van der Waals surface area (Å²) in [6, 6.07) is 11.8. The van der Waals surface area contributed by atoms with E-state index in [2.05, 4.69) is 19.1 Å². The Balaban J connectivity index is 2.72. The Labute approximate surface area is 77.6 Å². The quantitative estimate of drug-likeness (QED) is 0.700. The molecule has 0 aliphatic heterocycles. The minimum Gasteiger partial charge on any atom is -0.507 e. The van der Waals surface area contributed by atoms with Crippen LogP contribution in [0.1, 0.15) is 12.5 Å². The molecular weight excluding hydrogens is 160 g/mol. The summed E-state index contributed by atoms with van der Waals surface area (Å²) in [6.45, 7) is 2.13. The predicted molar refractivity (Wildman–Crippen MR) is 55.0 cm³/mol. The van der Waals surface area contributed by atoms with E-state index in [4.69, 9.17) is 0 Å². The molecule has 0 saturated heterocycles. The van der Waals surface area contributed by atoms with Crippen molar-refractivity contribution in [2.24, 2.45) is 0 Å². The molecule has 0 atom stereocenters. The van der Waals surface area contributed by atoms with Crippen LogP contribution in [0.5, 0.6) is 5.75 Å². The standard InChI is InChI=1S/C12H12O/c1-2-9-6-7-11-10(8-9)4-3-5-12(11)13/h3-8,13H,2H2,1H3. The van der Waals surface area contributed by atoms with E-state index >= 15 is 0 Å². The van der Waals surface area contributed by atoms with Crippen molar-refractivity contribution in [2.75, 3.05) is 0 Å². The van der Waals surface area contributed by atoms with E-state index in [1.54, 1.807) is 6.07 Å². The molecule has 1 N–H and O–H groups in total. The molecule has 2 rings (SSSR count). The van der Waals surface area contributed by atoms with Crippen molar-refractivity contribution in [1.82, 2.24) is 0 Å². The first kappa shape index (κ1) is 8.11. The van der Waals surface area contributed by atoms with Crippen molar-refractivity contribution in [2.45, 2.75) is 13.3 Å². The maximum Gasteiger partial charge on any atom is 0.123 e. The number of benzene rings is 2. The number of hydrogen-bond donors (Lipinski definition) is 1. The van der Waals surface area contributed by atoms with Crippen LogP contribution in [0, 0.1) is 0 Å². The zero-order valence-corrected chi connectivity index (χ0v) is 7.62. The number of phenolic OH excluding ortho intramolecular Hbond substituents is 1. The van der Waals surface area contributed by atoms with Crippen LogP contribution in [0.15, 0.2) is 36.4 Å². The summed E-state index contributed by atoms with van der Waals surface area (Å²) in [7, 11) is 0. The van der Waals surface area contributed by atoms with Crippen LogP contribution in [-0.4, -0.2) is 5.11 Å². The maximum absolute atomic E-state index is 9.53. The fourth-order valence-corrected chi connectivity index (χ4v) is 1.54. The summed E-state index contributed by atoms with van der Waals surface area (Å²) < 4.78 is 0. The molecule has 0 bridgehead atoms. The molecule has 0 saturated carbocycles. The number of aryl methyl sites for hydroxylation is 1. The molecule has 0 spiro atoms. The van der Waals surface area contributed by atoms with Crippen LogP contribution in [-0.2, 0) is 6.42 Å². The van der Waals surface area contributed by atoms with Gasteiger partial charge in [-0.05, 0) is 23.4 Å². The third-order valence-corrected chi connectivity index (χ3v) is 2.33. The topological polar surface area (TPSA) is 20.2 Å². The van der Waals surface area contributed by atoms with Crippen LogP contribution >= 0.6 is 0 Å². The number of fused-ring (bicyclic) bond motifs is 1. The maximum atomic E-state index is 9.53. The van der Waals surface area contributed by atoms with Gasteiger partial charge in [-0.2, -0.15) is 0 Å². The second-order valence-electron chi connectivity index (χ2n) is 3.19. The Hall–Kier alpha value is -1.50. The van der Waals surface area contributed by atoms with E-state index in [1.165, 1.54) is 5.56 Å². The summed E-state index contributed by atoms with van der Waals surface area (Å²) in [4.78, 5) is 0. The lowest BCUT2D eigenvalue weighted by Crippen LogP contribution is -1.80. The molecule has 0 amide bonds. The molecule has 0 unspecified atom stereocenters. The van der Waals surface area contributed by atoms with Crippen molar-refractivity contribution < 1.29 is 5.11 Å². The van der Waals surface area contributed by atoms with Gasteiger partial charge in [0.1, 0.15) is 5.75 Å². The summed E-state index contributed by atoms with van der Waals surface area (Å²) in [6.07, 6.45) is 1.03. The summed E-state index contributed by atoms with van der Waals surface area (Å²) in [5.74, 6) is 0.361. The number of aromatic hydroxyl groups is 1. The first-order valence-corrected chi connectivity index (χ1v) is 4.52. The van der Waals surface area contributed by atoms with E-state index in [-0.39, 0.29) is 0 Å². The van der Waals surface area contributed by atoms with Crippen molar-refractivity contribution in [3.05, 3.63) is 42.0 Å². The molecule has 2 aromatic carbocycles. The van der Waals surface area contributed by atoms with E-state index < -0.39 is 0 Å². The van der Waals surface area contributed by atoms with Crippen molar-refractivity contribution in [3.8, 4) is 5.75 Å². The first-order valence-electron chi connectivity index (χ1n) is 4.52. The SMILES string of the molecule is CCc1ccc2c(O)cccc2c1. The van der Waals surface area contributed by atoms with E-state index in [1.807, 2.05) is 18.2 Å². The minimum atomic E-state index is 0.361. The van der Waals surface area contributed by atoms with Crippen LogP contribution in [0.3, 0.4) is 0 Å². The summed E-state index contributed by atoms with van der Waals surface area (Å²) in [5.41, 5.74) is 1.30. The average Bonchev–Trinajstić information content (AvgIpc) is 2.18. The van der Waals surface area contributed by atoms with Gasteiger partial charge in [0, 0.05) is 5.39 Å². The minimum absolute atomic E-state index is 0.361. The molecule has 0 fully saturated rings. The Kier molecular flexibility index (Phi) is 1.93. The van der Waals surface area contributed by atoms with Gasteiger partial charge >= 0.3 is 0 Å². The van der Waals surface area contributed by atoms with Crippen molar-refractivity contribution >= 4 is 10.8 Å². The third-order valence-electron chi connectivity index (χ3n) is 2.33. The monoisotopic (exact) mass is 172 g/mol. The highest BCUT2D eigenvalue weighted by molar-refractivity contribution is 5.88. The summed E-state index contributed by atoms with van der Waals surface area (Å²) >= 11 is 0. The molecular formula is C12H12O. The van der Waals surface area contributed by atoms with Crippen LogP contribution < -0.4 is 0 Å². The summed E-state index contributed by atoms with van der Waals surface area (Å²) in [5, 5.41) is 11.6. The van der Waals surface area contributed by atoms with E-state index in [0.29, 0.717) is 5.75 Å². The van der Waals surface area contributed by atoms with Crippen molar-refractivity contribution in [1.29, 1.82) is 0 Å². The van der Waals surface area contributed by atoms with Gasteiger partial charge in [-0.25, -0.2) is 0 Å². The van der Waals surface area contributed by atoms with Crippen LogP contribution in [0.25, 0.3) is 10.8 Å². The Morgan fingerprint density at radius 1 is 1.15 bits per heavy atom. The zero-order valence-electron chi connectivity index (χ0n) is 7.62. The van der Waals surface area contributed by atoms with Gasteiger partial charge < -0.3 is 5.11 Å². The fourth-order valence-electron chi connectivity index (χ4n) is 1.54. The molecule has 0 radical (unpaired) electrons. The Morgan fingerprint density at radius 2 is 2.00 bits per heavy atom.